The summed E-state index contributed by atoms with van der Waals surface area (Å²) in [5.74, 6) is 0.0556. The maximum absolute atomic E-state index is 11.0. The fraction of sp³-hybridized carbons (Fsp3) is 0.615. The summed E-state index contributed by atoms with van der Waals surface area (Å²) in [6, 6.07) is 1.53. The van der Waals surface area contributed by atoms with E-state index in [1.54, 1.807) is 13.1 Å². The molecule has 0 radical (unpaired) electrons. The van der Waals surface area contributed by atoms with Crippen LogP contribution in [0.4, 0.5) is 11.5 Å². The Kier molecular flexibility index (Phi) is 3.31. The van der Waals surface area contributed by atoms with E-state index in [4.69, 9.17) is 9.47 Å². The van der Waals surface area contributed by atoms with E-state index >= 15 is 0 Å². The molecule has 0 atom stereocenters. The van der Waals surface area contributed by atoms with Crippen molar-refractivity contribution in [1.29, 1.82) is 0 Å². The molecule has 2 aliphatic rings. The summed E-state index contributed by atoms with van der Waals surface area (Å²) in [6.07, 6.45) is 3.33. The molecule has 7 nitrogen and oxygen atoms in total. The molecule has 0 bridgehead atoms. The van der Waals surface area contributed by atoms with Crippen molar-refractivity contribution in [3.05, 3.63) is 27.9 Å². The lowest BCUT2D eigenvalue weighted by atomic mass is 10.0. The summed E-state index contributed by atoms with van der Waals surface area (Å²) >= 11 is 0. The Hall–Kier alpha value is -1.73. The SMILES string of the molecule is Cc1cnc(N2CCCC3(C2)OCCO3)cc1[N+](=O)[O-]. The van der Waals surface area contributed by atoms with Crippen LogP contribution in [0.5, 0.6) is 0 Å². The van der Waals surface area contributed by atoms with Gasteiger partial charge in [-0.1, -0.05) is 0 Å². The van der Waals surface area contributed by atoms with Crippen molar-refractivity contribution < 1.29 is 14.4 Å². The summed E-state index contributed by atoms with van der Waals surface area (Å²) in [5.41, 5.74) is 0.668. The van der Waals surface area contributed by atoms with E-state index in [-0.39, 0.29) is 10.6 Å². The highest BCUT2D eigenvalue weighted by Gasteiger charge is 2.41. The fourth-order valence-electron chi connectivity index (χ4n) is 2.79. The molecule has 7 heteroatoms. The molecule has 2 aliphatic heterocycles. The zero-order valence-electron chi connectivity index (χ0n) is 11.4. The van der Waals surface area contributed by atoms with Gasteiger partial charge < -0.3 is 14.4 Å². The van der Waals surface area contributed by atoms with Crippen LogP contribution in [-0.2, 0) is 9.47 Å². The second-order valence-corrected chi connectivity index (χ2v) is 5.22. The van der Waals surface area contributed by atoms with Crippen LogP contribution in [0.25, 0.3) is 0 Å². The normalized spacial score (nSPS) is 21.4. The van der Waals surface area contributed by atoms with Gasteiger partial charge in [0.25, 0.3) is 5.69 Å². The Morgan fingerprint density at radius 2 is 2.20 bits per heavy atom. The molecule has 0 unspecified atom stereocenters. The number of anilines is 1. The van der Waals surface area contributed by atoms with E-state index in [1.165, 1.54) is 6.07 Å². The lowest BCUT2D eigenvalue weighted by Crippen LogP contribution is -2.49. The quantitative estimate of drug-likeness (QED) is 0.605. The third-order valence-corrected chi connectivity index (χ3v) is 3.81. The first-order chi connectivity index (χ1) is 9.60. The van der Waals surface area contributed by atoms with Crippen molar-refractivity contribution in [3.63, 3.8) is 0 Å². The molecule has 0 N–H and O–H groups in total. The minimum Gasteiger partial charge on any atom is -0.351 e. The average molecular weight is 279 g/mol. The number of hydrogen-bond acceptors (Lipinski definition) is 6. The molecule has 108 valence electrons. The molecule has 2 saturated heterocycles. The molecular formula is C13H17N3O4. The highest BCUT2D eigenvalue weighted by molar-refractivity contribution is 5.51. The number of aryl methyl sites for hydroxylation is 1. The number of nitro groups is 1. The van der Waals surface area contributed by atoms with Crippen molar-refractivity contribution in [2.24, 2.45) is 0 Å². The van der Waals surface area contributed by atoms with Gasteiger partial charge in [0.2, 0.25) is 0 Å². The van der Waals surface area contributed by atoms with Crippen molar-refractivity contribution in [2.75, 3.05) is 31.2 Å². The molecule has 1 aromatic heterocycles. The van der Waals surface area contributed by atoms with Crippen molar-refractivity contribution >= 4 is 11.5 Å². The van der Waals surface area contributed by atoms with Gasteiger partial charge in [0.05, 0.1) is 30.7 Å². The third-order valence-electron chi connectivity index (χ3n) is 3.81. The van der Waals surface area contributed by atoms with E-state index in [1.807, 2.05) is 4.90 Å². The van der Waals surface area contributed by atoms with E-state index in [9.17, 15) is 10.1 Å². The van der Waals surface area contributed by atoms with E-state index < -0.39 is 5.79 Å². The van der Waals surface area contributed by atoms with Gasteiger partial charge in [0.1, 0.15) is 5.82 Å². The van der Waals surface area contributed by atoms with Crippen molar-refractivity contribution in [2.45, 2.75) is 25.6 Å². The van der Waals surface area contributed by atoms with Crippen LogP contribution in [-0.4, -0.2) is 42.0 Å². The number of pyridine rings is 1. The summed E-state index contributed by atoms with van der Waals surface area (Å²) in [6.45, 7) is 4.28. The highest BCUT2D eigenvalue weighted by atomic mass is 16.7. The maximum atomic E-state index is 11.0. The minimum absolute atomic E-state index is 0.0999. The lowest BCUT2D eigenvalue weighted by molar-refractivity contribution is -0.385. The van der Waals surface area contributed by atoms with Crippen LogP contribution < -0.4 is 4.90 Å². The first kappa shape index (κ1) is 13.3. The summed E-state index contributed by atoms with van der Waals surface area (Å²) in [4.78, 5) is 17.0. The Bertz CT molecular complexity index is 528. The van der Waals surface area contributed by atoms with Gasteiger partial charge in [-0.25, -0.2) is 4.98 Å². The zero-order chi connectivity index (χ0) is 14.2. The zero-order valence-corrected chi connectivity index (χ0v) is 11.4. The largest absolute Gasteiger partial charge is 0.351 e. The molecule has 0 saturated carbocycles. The second-order valence-electron chi connectivity index (χ2n) is 5.22. The average Bonchev–Trinajstić information content (AvgIpc) is 2.87. The molecule has 2 fully saturated rings. The van der Waals surface area contributed by atoms with Crippen LogP contribution in [0.15, 0.2) is 12.3 Å². The van der Waals surface area contributed by atoms with Gasteiger partial charge in [0.15, 0.2) is 5.79 Å². The molecule has 0 aromatic carbocycles. The Morgan fingerprint density at radius 3 is 2.90 bits per heavy atom. The Labute approximate surface area is 116 Å². The molecule has 3 heterocycles. The summed E-state index contributed by atoms with van der Waals surface area (Å²) in [5, 5.41) is 11.0. The molecule has 20 heavy (non-hydrogen) atoms. The number of hydrogen-bond donors (Lipinski definition) is 0. The number of aromatic nitrogens is 1. The second kappa shape index (κ2) is 4.99. The standard InChI is InChI=1S/C13H17N3O4/c1-10-8-14-12(7-11(10)16(17)18)15-4-2-3-13(9-15)19-5-6-20-13/h7-8H,2-6,9H2,1H3. The van der Waals surface area contributed by atoms with Gasteiger partial charge in [-0.15, -0.1) is 0 Å². The Morgan fingerprint density at radius 1 is 1.45 bits per heavy atom. The van der Waals surface area contributed by atoms with Gasteiger partial charge in [-0.3, -0.25) is 10.1 Å². The van der Waals surface area contributed by atoms with Crippen molar-refractivity contribution in [1.82, 2.24) is 4.98 Å². The molecule has 0 amide bonds. The first-order valence-electron chi connectivity index (χ1n) is 6.74. The van der Waals surface area contributed by atoms with Crippen LogP contribution >= 0.6 is 0 Å². The number of ether oxygens (including phenoxy) is 2. The van der Waals surface area contributed by atoms with Crippen LogP contribution in [0, 0.1) is 17.0 Å². The van der Waals surface area contributed by atoms with Crippen molar-refractivity contribution in [3.8, 4) is 0 Å². The Balaban J connectivity index is 1.85. The predicted molar refractivity (Wildman–Crippen MR) is 71.7 cm³/mol. The molecular weight excluding hydrogens is 262 g/mol. The summed E-state index contributed by atoms with van der Waals surface area (Å²) < 4.78 is 11.4. The van der Waals surface area contributed by atoms with Gasteiger partial charge >= 0.3 is 0 Å². The smallest absolute Gasteiger partial charge is 0.277 e. The lowest BCUT2D eigenvalue weighted by Gasteiger charge is -2.39. The molecule has 3 rings (SSSR count). The predicted octanol–water partition coefficient (Wildman–Crippen LogP) is 1.64. The molecule has 0 aliphatic carbocycles. The highest BCUT2D eigenvalue weighted by Crippen LogP contribution is 2.33. The molecule has 1 aromatic rings. The van der Waals surface area contributed by atoms with E-state index in [2.05, 4.69) is 4.98 Å². The topological polar surface area (TPSA) is 77.7 Å². The monoisotopic (exact) mass is 279 g/mol. The number of piperidine rings is 1. The van der Waals surface area contributed by atoms with E-state index in [0.717, 1.165) is 19.4 Å². The fourth-order valence-corrected chi connectivity index (χ4v) is 2.79. The third kappa shape index (κ3) is 2.34. The van der Waals surface area contributed by atoms with E-state index in [0.29, 0.717) is 31.1 Å². The maximum Gasteiger partial charge on any atom is 0.277 e. The van der Waals surface area contributed by atoms with Gasteiger partial charge in [-0.05, 0) is 13.3 Å². The number of nitrogens with zero attached hydrogens (tertiary/aromatic N) is 3. The van der Waals surface area contributed by atoms with Gasteiger partial charge in [-0.2, -0.15) is 0 Å². The molecule has 1 spiro atoms. The minimum atomic E-state index is -0.556. The first-order valence-corrected chi connectivity index (χ1v) is 6.74. The number of rotatable bonds is 2. The van der Waals surface area contributed by atoms with Crippen LogP contribution in [0.2, 0.25) is 0 Å². The van der Waals surface area contributed by atoms with Crippen LogP contribution in [0.1, 0.15) is 18.4 Å². The van der Waals surface area contributed by atoms with Crippen LogP contribution in [0.3, 0.4) is 0 Å². The van der Waals surface area contributed by atoms with Gasteiger partial charge in [0, 0.05) is 24.7 Å². The summed E-state index contributed by atoms with van der Waals surface area (Å²) in [7, 11) is 0.